The summed E-state index contributed by atoms with van der Waals surface area (Å²) >= 11 is 0. The van der Waals surface area contributed by atoms with Crippen LogP contribution in [0.25, 0.3) is 0 Å². The van der Waals surface area contributed by atoms with E-state index in [1.54, 1.807) is 13.0 Å². The Hall–Kier alpha value is -1.71. The van der Waals surface area contributed by atoms with Gasteiger partial charge in [-0.1, -0.05) is 36.4 Å². The first-order valence-electron chi connectivity index (χ1n) is 6.31. The number of nitrogens with two attached hydrogens (primary N) is 1. The second kappa shape index (κ2) is 5.95. The van der Waals surface area contributed by atoms with Crippen molar-refractivity contribution in [1.29, 1.82) is 0 Å². The topological polar surface area (TPSA) is 46.2 Å². The first kappa shape index (κ1) is 13.7. The number of aliphatic hydroxyl groups excluding tert-OH is 1. The minimum Gasteiger partial charge on any atom is -0.387 e. The van der Waals surface area contributed by atoms with Gasteiger partial charge in [0.05, 0.1) is 6.10 Å². The molecule has 0 aliphatic carbocycles. The summed E-state index contributed by atoms with van der Waals surface area (Å²) in [5.74, 6) is -0.301. The summed E-state index contributed by atoms with van der Waals surface area (Å²) < 4.78 is 13.0. The average molecular weight is 259 g/mol. The fraction of sp³-hybridized carbons (Fsp3) is 0.250. The molecule has 0 aliphatic heterocycles. The Morgan fingerprint density at radius 2 is 1.84 bits per heavy atom. The predicted molar refractivity (Wildman–Crippen MR) is 74.2 cm³/mol. The molecule has 2 nitrogen and oxygen atoms in total. The van der Waals surface area contributed by atoms with Crippen LogP contribution in [0.4, 0.5) is 4.39 Å². The van der Waals surface area contributed by atoms with Crippen molar-refractivity contribution >= 4 is 0 Å². The van der Waals surface area contributed by atoms with Gasteiger partial charge in [-0.05, 0) is 42.2 Å². The molecule has 2 aromatic rings. The summed E-state index contributed by atoms with van der Waals surface area (Å²) in [6.07, 6.45) is -0.209. The van der Waals surface area contributed by atoms with E-state index in [4.69, 9.17) is 5.73 Å². The van der Waals surface area contributed by atoms with Crippen LogP contribution in [0.5, 0.6) is 0 Å². The molecule has 3 N–H and O–H groups in total. The third-order valence-corrected chi connectivity index (χ3v) is 3.27. The number of rotatable bonds is 4. The predicted octanol–water partition coefficient (Wildman–Crippen LogP) is 2.74. The van der Waals surface area contributed by atoms with Crippen LogP contribution >= 0.6 is 0 Å². The van der Waals surface area contributed by atoms with Crippen LogP contribution in [0, 0.1) is 12.7 Å². The third kappa shape index (κ3) is 3.40. The molecule has 100 valence electrons. The summed E-state index contributed by atoms with van der Waals surface area (Å²) in [6, 6.07) is 13.7. The Morgan fingerprint density at radius 1 is 1.16 bits per heavy atom. The van der Waals surface area contributed by atoms with Crippen molar-refractivity contribution < 1.29 is 9.50 Å². The second-order valence-electron chi connectivity index (χ2n) is 4.80. The smallest absolute Gasteiger partial charge is 0.123 e. The minimum atomic E-state index is -0.791. The van der Waals surface area contributed by atoms with Crippen molar-refractivity contribution in [1.82, 2.24) is 0 Å². The molecule has 0 aliphatic rings. The molecule has 0 amide bonds. The molecule has 2 unspecified atom stereocenters. The summed E-state index contributed by atoms with van der Waals surface area (Å²) in [4.78, 5) is 0. The van der Waals surface area contributed by atoms with Crippen LogP contribution in [-0.4, -0.2) is 11.1 Å². The monoisotopic (exact) mass is 259 g/mol. The van der Waals surface area contributed by atoms with Crippen LogP contribution in [0.2, 0.25) is 0 Å². The number of halogens is 1. The van der Waals surface area contributed by atoms with Gasteiger partial charge in [0, 0.05) is 6.04 Å². The van der Waals surface area contributed by atoms with Gasteiger partial charge in [0.2, 0.25) is 0 Å². The second-order valence-corrected chi connectivity index (χ2v) is 4.80. The van der Waals surface area contributed by atoms with Crippen molar-refractivity contribution in [2.75, 3.05) is 0 Å². The Morgan fingerprint density at radius 3 is 2.47 bits per heavy atom. The average Bonchev–Trinajstić information content (AvgIpc) is 2.39. The molecule has 0 radical (unpaired) electrons. The fourth-order valence-corrected chi connectivity index (χ4v) is 2.20. The largest absolute Gasteiger partial charge is 0.387 e. The van der Waals surface area contributed by atoms with E-state index in [1.165, 1.54) is 12.1 Å². The fourth-order valence-electron chi connectivity index (χ4n) is 2.20. The molecule has 0 saturated carbocycles. The van der Waals surface area contributed by atoms with Gasteiger partial charge < -0.3 is 10.8 Å². The summed E-state index contributed by atoms with van der Waals surface area (Å²) in [6.45, 7) is 1.77. The standard InChI is InChI=1S/C16H18FNO/c1-11-9-13(17)7-8-14(11)16(19)15(18)10-12-5-3-2-4-6-12/h2-9,15-16,19H,10,18H2,1H3. The zero-order valence-electron chi connectivity index (χ0n) is 10.9. The van der Waals surface area contributed by atoms with Gasteiger partial charge in [0.1, 0.15) is 5.82 Å². The van der Waals surface area contributed by atoms with Gasteiger partial charge in [-0.15, -0.1) is 0 Å². The van der Waals surface area contributed by atoms with Crippen LogP contribution < -0.4 is 5.73 Å². The van der Waals surface area contributed by atoms with Gasteiger partial charge in [0.25, 0.3) is 0 Å². The molecular formula is C16H18FNO. The van der Waals surface area contributed by atoms with Gasteiger partial charge >= 0.3 is 0 Å². The van der Waals surface area contributed by atoms with E-state index in [2.05, 4.69) is 0 Å². The zero-order valence-corrected chi connectivity index (χ0v) is 10.9. The Kier molecular flexibility index (Phi) is 4.30. The lowest BCUT2D eigenvalue weighted by Gasteiger charge is -2.21. The number of aliphatic hydroxyl groups is 1. The lowest BCUT2D eigenvalue weighted by atomic mass is 9.94. The maximum absolute atomic E-state index is 13.0. The van der Waals surface area contributed by atoms with Crippen molar-refractivity contribution in [2.45, 2.75) is 25.5 Å². The SMILES string of the molecule is Cc1cc(F)ccc1C(O)C(N)Cc1ccccc1. The van der Waals surface area contributed by atoms with Crippen LogP contribution in [0.15, 0.2) is 48.5 Å². The van der Waals surface area contributed by atoms with E-state index >= 15 is 0 Å². The molecule has 0 aromatic heterocycles. The van der Waals surface area contributed by atoms with Crippen molar-refractivity contribution in [2.24, 2.45) is 5.73 Å². The van der Waals surface area contributed by atoms with Crippen LogP contribution in [0.1, 0.15) is 22.8 Å². The molecular weight excluding hydrogens is 241 g/mol. The highest BCUT2D eigenvalue weighted by Crippen LogP contribution is 2.22. The quantitative estimate of drug-likeness (QED) is 0.887. The minimum absolute atomic E-state index is 0.301. The summed E-state index contributed by atoms with van der Waals surface area (Å²) in [5, 5.41) is 10.3. The maximum Gasteiger partial charge on any atom is 0.123 e. The molecule has 3 heteroatoms. The molecule has 0 heterocycles. The molecule has 0 fully saturated rings. The Labute approximate surface area is 112 Å². The van der Waals surface area contributed by atoms with Crippen LogP contribution in [0.3, 0.4) is 0 Å². The van der Waals surface area contributed by atoms with Gasteiger partial charge in [-0.3, -0.25) is 0 Å². The van der Waals surface area contributed by atoms with E-state index in [0.29, 0.717) is 12.0 Å². The number of aryl methyl sites for hydroxylation is 1. The first-order valence-corrected chi connectivity index (χ1v) is 6.31. The van der Waals surface area contributed by atoms with Crippen molar-refractivity contribution in [3.63, 3.8) is 0 Å². The number of benzene rings is 2. The van der Waals surface area contributed by atoms with Crippen molar-refractivity contribution in [3.8, 4) is 0 Å². The summed E-state index contributed by atoms with van der Waals surface area (Å²) in [5.41, 5.74) is 8.53. The maximum atomic E-state index is 13.0. The Bertz CT molecular complexity index is 542. The normalized spacial score (nSPS) is 14.1. The number of hydrogen-bond donors (Lipinski definition) is 2. The molecule has 2 atom stereocenters. The van der Waals surface area contributed by atoms with Crippen molar-refractivity contribution in [3.05, 3.63) is 71.0 Å². The Balaban J connectivity index is 2.12. The van der Waals surface area contributed by atoms with E-state index in [0.717, 1.165) is 11.1 Å². The molecule has 0 bridgehead atoms. The third-order valence-electron chi connectivity index (χ3n) is 3.27. The van der Waals surface area contributed by atoms with E-state index in [9.17, 15) is 9.50 Å². The van der Waals surface area contributed by atoms with Gasteiger partial charge in [0.15, 0.2) is 0 Å². The highest BCUT2D eigenvalue weighted by atomic mass is 19.1. The van der Waals surface area contributed by atoms with Gasteiger partial charge in [-0.25, -0.2) is 4.39 Å². The molecule has 2 rings (SSSR count). The molecule has 19 heavy (non-hydrogen) atoms. The van der Waals surface area contributed by atoms with E-state index in [-0.39, 0.29) is 5.82 Å². The molecule has 0 spiro atoms. The molecule has 0 saturated heterocycles. The number of hydrogen-bond acceptors (Lipinski definition) is 2. The highest BCUT2D eigenvalue weighted by molar-refractivity contribution is 5.30. The lowest BCUT2D eigenvalue weighted by molar-refractivity contribution is 0.145. The van der Waals surface area contributed by atoms with E-state index in [1.807, 2.05) is 30.3 Å². The van der Waals surface area contributed by atoms with Crippen LogP contribution in [-0.2, 0) is 6.42 Å². The lowest BCUT2D eigenvalue weighted by Crippen LogP contribution is -2.31. The molecule has 2 aromatic carbocycles. The first-order chi connectivity index (χ1) is 9.08. The van der Waals surface area contributed by atoms with Gasteiger partial charge in [-0.2, -0.15) is 0 Å². The highest BCUT2D eigenvalue weighted by Gasteiger charge is 2.19. The summed E-state index contributed by atoms with van der Waals surface area (Å²) in [7, 11) is 0. The van der Waals surface area contributed by atoms with E-state index < -0.39 is 12.1 Å². The zero-order chi connectivity index (χ0) is 13.8.